The fourth-order valence-electron chi connectivity index (χ4n) is 1.24. The minimum Gasteiger partial charge on any atom is -0.351 e. The first-order valence-corrected chi connectivity index (χ1v) is 5.36. The first-order chi connectivity index (χ1) is 8.04. The predicted octanol–water partition coefficient (Wildman–Crippen LogP) is 1.52. The van der Waals surface area contributed by atoms with Crippen molar-refractivity contribution < 1.29 is 14.0 Å². The number of amides is 2. The molecule has 0 heterocycles. The number of hydrogen-bond acceptors (Lipinski definition) is 2. The van der Waals surface area contributed by atoms with Crippen molar-refractivity contribution >= 4 is 23.6 Å². The van der Waals surface area contributed by atoms with E-state index in [2.05, 4.69) is 5.32 Å². The van der Waals surface area contributed by atoms with Crippen LogP contribution in [0.25, 0.3) is 0 Å². The molecule has 92 valence electrons. The zero-order valence-corrected chi connectivity index (χ0v) is 9.97. The van der Waals surface area contributed by atoms with Gasteiger partial charge in [0, 0.05) is 24.7 Å². The van der Waals surface area contributed by atoms with Gasteiger partial charge in [-0.25, -0.2) is 4.39 Å². The highest BCUT2D eigenvalue weighted by Gasteiger charge is 2.11. The monoisotopic (exact) mass is 258 g/mol. The number of nitrogens with one attached hydrogen (secondary N) is 2. The fraction of sp³-hybridized carbons (Fsp3) is 0.273. The normalized spacial score (nSPS) is 9.82. The third-order valence-corrected chi connectivity index (χ3v) is 2.32. The van der Waals surface area contributed by atoms with Gasteiger partial charge in [-0.3, -0.25) is 14.4 Å². The summed E-state index contributed by atoms with van der Waals surface area (Å²) in [6.07, 6.45) is 0.0444. The van der Waals surface area contributed by atoms with E-state index in [1.165, 1.54) is 12.1 Å². The molecule has 2 N–H and O–H groups in total. The smallest absolute Gasteiger partial charge is 0.254 e. The molecule has 0 aliphatic rings. The van der Waals surface area contributed by atoms with Crippen molar-refractivity contribution in [3.63, 3.8) is 0 Å². The Morgan fingerprint density at radius 3 is 2.71 bits per heavy atom. The molecule has 0 aromatic heterocycles. The van der Waals surface area contributed by atoms with Gasteiger partial charge < -0.3 is 5.32 Å². The maximum absolute atomic E-state index is 13.4. The van der Waals surface area contributed by atoms with Crippen molar-refractivity contribution in [2.24, 2.45) is 0 Å². The van der Waals surface area contributed by atoms with E-state index >= 15 is 0 Å². The Labute approximate surface area is 103 Å². The third-order valence-electron chi connectivity index (χ3n) is 2.11. The van der Waals surface area contributed by atoms with Crippen molar-refractivity contribution in [3.05, 3.63) is 35.1 Å². The van der Waals surface area contributed by atoms with Crippen LogP contribution in [0.15, 0.2) is 18.2 Å². The van der Waals surface area contributed by atoms with E-state index in [0.717, 1.165) is 5.56 Å². The van der Waals surface area contributed by atoms with E-state index < -0.39 is 17.6 Å². The maximum Gasteiger partial charge on any atom is 0.254 e. The molecule has 0 aliphatic carbocycles. The molecule has 0 unspecified atom stereocenters. The lowest BCUT2D eigenvalue weighted by Crippen LogP contribution is -2.28. The Kier molecular flexibility index (Phi) is 4.90. The summed E-state index contributed by atoms with van der Waals surface area (Å²) >= 11 is 5.05. The van der Waals surface area contributed by atoms with Crippen LogP contribution in [0.1, 0.15) is 22.3 Å². The molecule has 17 heavy (non-hydrogen) atoms. The lowest BCUT2D eigenvalue weighted by Gasteiger charge is -2.05. The topological polar surface area (TPSA) is 58.2 Å². The summed E-state index contributed by atoms with van der Waals surface area (Å²) in [7, 11) is 0. The van der Waals surface area contributed by atoms with E-state index in [1.54, 1.807) is 13.0 Å². The van der Waals surface area contributed by atoms with Crippen molar-refractivity contribution in [1.29, 1.82) is 0 Å². The van der Waals surface area contributed by atoms with Gasteiger partial charge >= 0.3 is 0 Å². The Hall–Kier alpha value is -1.62. The van der Waals surface area contributed by atoms with Gasteiger partial charge in [0.1, 0.15) is 5.82 Å². The first-order valence-electron chi connectivity index (χ1n) is 4.98. The van der Waals surface area contributed by atoms with Crippen molar-refractivity contribution in [2.75, 3.05) is 6.54 Å². The van der Waals surface area contributed by atoms with Crippen LogP contribution in [0.3, 0.4) is 0 Å². The number of hydrogen-bond donors (Lipinski definition) is 2. The number of aryl methyl sites for hydroxylation is 1. The maximum atomic E-state index is 13.4. The molecule has 0 radical (unpaired) electrons. The van der Waals surface area contributed by atoms with Crippen LogP contribution in [-0.2, 0) is 4.79 Å². The van der Waals surface area contributed by atoms with Gasteiger partial charge in [0.15, 0.2) is 0 Å². The number of carbonyl (C=O) groups excluding carboxylic acids is 2. The lowest BCUT2D eigenvalue weighted by molar-refractivity contribution is -0.119. The highest BCUT2D eigenvalue weighted by atomic mass is 35.5. The minimum absolute atomic E-state index is 0.0399. The van der Waals surface area contributed by atoms with E-state index in [4.69, 9.17) is 11.8 Å². The second-order valence-electron chi connectivity index (χ2n) is 3.51. The second-order valence-corrected chi connectivity index (χ2v) is 3.70. The predicted molar refractivity (Wildman–Crippen MR) is 62.1 cm³/mol. The van der Waals surface area contributed by atoms with Crippen LogP contribution in [0.4, 0.5) is 4.39 Å². The minimum atomic E-state index is -0.579. The molecule has 2 amide bonds. The molecule has 0 atom stereocenters. The summed E-state index contributed by atoms with van der Waals surface area (Å²) in [5, 5.41) is 2.43. The highest BCUT2D eigenvalue weighted by Crippen LogP contribution is 2.09. The molecule has 6 heteroatoms. The van der Waals surface area contributed by atoms with Gasteiger partial charge in [-0.15, -0.1) is 0 Å². The number of carbonyl (C=O) groups is 2. The molecular formula is C11H12ClFN2O2. The van der Waals surface area contributed by atoms with Crippen molar-refractivity contribution in [1.82, 2.24) is 10.2 Å². The molecule has 0 fully saturated rings. The lowest BCUT2D eigenvalue weighted by atomic mass is 10.1. The third kappa shape index (κ3) is 4.03. The zero-order chi connectivity index (χ0) is 12.8. The van der Waals surface area contributed by atoms with Crippen LogP contribution >= 0.6 is 11.8 Å². The molecule has 0 bridgehead atoms. The molecule has 0 aliphatic heterocycles. The van der Waals surface area contributed by atoms with E-state index in [1.807, 2.05) is 4.84 Å². The quantitative estimate of drug-likeness (QED) is 0.805. The summed E-state index contributed by atoms with van der Waals surface area (Å²) in [4.78, 5) is 24.2. The highest BCUT2D eigenvalue weighted by molar-refractivity contribution is 6.21. The van der Waals surface area contributed by atoms with E-state index in [9.17, 15) is 14.0 Å². The standard InChI is InChI=1S/C11H12ClFN2O2/c1-7-2-3-8(9(13)6-7)11(17)14-5-4-10(16)15-12/h2-3,6H,4-5H2,1H3,(H,14,17)(H,15,16). The average Bonchev–Trinajstić information content (AvgIpc) is 2.28. The summed E-state index contributed by atoms with van der Waals surface area (Å²) in [6.45, 7) is 1.83. The average molecular weight is 259 g/mol. The summed E-state index contributed by atoms with van der Waals surface area (Å²) in [6, 6.07) is 4.32. The number of benzene rings is 1. The van der Waals surface area contributed by atoms with E-state index in [0.29, 0.717) is 0 Å². The SMILES string of the molecule is Cc1ccc(C(=O)NCCC(=O)NCl)c(F)c1. The van der Waals surface area contributed by atoms with Gasteiger partial charge in [0.2, 0.25) is 5.91 Å². The van der Waals surface area contributed by atoms with Crippen LogP contribution in [0, 0.1) is 12.7 Å². The Morgan fingerprint density at radius 2 is 2.12 bits per heavy atom. The van der Waals surface area contributed by atoms with Crippen molar-refractivity contribution in [2.45, 2.75) is 13.3 Å². The van der Waals surface area contributed by atoms with Gasteiger partial charge in [-0.05, 0) is 24.6 Å². The first kappa shape index (κ1) is 13.4. The van der Waals surface area contributed by atoms with Gasteiger partial charge in [-0.1, -0.05) is 6.07 Å². The number of halogens is 2. The second kappa shape index (κ2) is 6.20. The van der Waals surface area contributed by atoms with Crippen LogP contribution in [0.5, 0.6) is 0 Å². The Morgan fingerprint density at radius 1 is 1.41 bits per heavy atom. The summed E-state index contributed by atoms with van der Waals surface area (Å²) in [5.74, 6) is -1.54. The zero-order valence-electron chi connectivity index (χ0n) is 9.22. The Bertz CT molecular complexity index is 437. The molecular weight excluding hydrogens is 247 g/mol. The largest absolute Gasteiger partial charge is 0.351 e. The molecule has 0 saturated heterocycles. The summed E-state index contributed by atoms with van der Waals surface area (Å²) < 4.78 is 13.4. The molecule has 1 aromatic rings. The Balaban J connectivity index is 2.55. The molecule has 1 aromatic carbocycles. The van der Waals surface area contributed by atoms with Crippen molar-refractivity contribution in [3.8, 4) is 0 Å². The molecule has 4 nitrogen and oxygen atoms in total. The molecule has 0 saturated carbocycles. The summed E-state index contributed by atoms with van der Waals surface area (Å²) in [5.41, 5.74) is 0.697. The fourth-order valence-corrected chi connectivity index (χ4v) is 1.33. The van der Waals surface area contributed by atoms with Gasteiger partial charge in [0.25, 0.3) is 5.91 Å². The van der Waals surface area contributed by atoms with Crippen LogP contribution in [-0.4, -0.2) is 18.4 Å². The number of rotatable bonds is 4. The van der Waals surface area contributed by atoms with Crippen LogP contribution in [0.2, 0.25) is 0 Å². The molecule has 0 spiro atoms. The van der Waals surface area contributed by atoms with Gasteiger partial charge in [0.05, 0.1) is 5.56 Å². The van der Waals surface area contributed by atoms with Gasteiger partial charge in [-0.2, -0.15) is 0 Å². The molecule has 1 rings (SSSR count). The van der Waals surface area contributed by atoms with E-state index in [-0.39, 0.29) is 18.5 Å². The van der Waals surface area contributed by atoms with Crippen LogP contribution < -0.4 is 10.2 Å².